The molecule has 9 nitrogen and oxygen atoms in total. The summed E-state index contributed by atoms with van der Waals surface area (Å²) >= 11 is 0. The van der Waals surface area contributed by atoms with E-state index in [-0.39, 0.29) is 11.7 Å². The van der Waals surface area contributed by atoms with E-state index in [1.807, 2.05) is 60.7 Å². The Labute approximate surface area is 232 Å². The lowest BCUT2D eigenvalue weighted by atomic mass is 9.98. The molecule has 9 heteroatoms. The topological polar surface area (TPSA) is 101 Å². The largest absolute Gasteiger partial charge is 0.497 e. The maximum atomic E-state index is 9.33. The van der Waals surface area contributed by atoms with Crippen molar-refractivity contribution in [3.05, 3.63) is 90.9 Å². The lowest BCUT2D eigenvalue weighted by Gasteiger charge is -2.34. The van der Waals surface area contributed by atoms with E-state index in [4.69, 9.17) is 19.6 Å². The van der Waals surface area contributed by atoms with Crippen LogP contribution in [0.4, 0.5) is 11.6 Å². The Morgan fingerprint density at radius 3 is 2.42 bits per heavy atom. The van der Waals surface area contributed by atoms with E-state index in [0.717, 1.165) is 47.4 Å². The SMILES string of the molecule is COc1ccc(-c2c(N(c3cnc(C#N)cn3)C3CC=CCC3)nc3cc(-c4ccccc4)nn3c2OC)cc1. The fourth-order valence-electron chi connectivity index (χ4n) is 5.07. The third-order valence-corrected chi connectivity index (χ3v) is 7.02. The first-order chi connectivity index (χ1) is 19.7. The number of hydrogen-bond donors (Lipinski definition) is 0. The molecule has 0 radical (unpaired) electrons. The third-order valence-electron chi connectivity index (χ3n) is 7.02. The second-order valence-electron chi connectivity index (χ2n) is 9.39. The maximum Gasteiger partial charge on any atom is 0.228 e. The Morgan fingerprint density at radius 2 is 1.77 bits per heavy atom. The number of nitrogens with zero attached hydrogens (tertiary/aromatic N) is 7. The van der Waals surface area contributed by atoms with Gasteiger partial charge in [-0.15, -0.1) is 0 Å². The first kappa shape index (κ1) is 25.1. The van der Waals surface area contributed by atoms with Gasteiger partial charge >= 0.3 is 0 Å². The normalized spacial score (nSPS) is 14.6. The summed E-state index contributed by atoms with van der Waals surface area (Å²) < 4.78 is 13.2. The van der Waals surface area contributed by atoms with Gasteiger partial charge in [-0.3, -0.25) is 0 Å². The van der Waals surface area contributed by atoms with Crippen molar-refractivity contribution in [2.75, 3.05) is 19.1 Å². The van der Waals surface area contributed by atoms with Gasteiger partial charge in [-0.25, -0.2) is 15.0 Å². The van der Waals surface area contributed by atoms with Crippen molar-refractivity contribution < 1.29 is 9.47 Å². The van der Waals surface area contributed by atoms with Crippen LogP contribution in [-0.2, 0) is 0 Å². The molecule has 0 spiro atoms. The molecule has 0 fully saturated rings. The number of methoxy groups -OCH3 is 2. The Morgan fingerprint density at radius 1 is 0.950 bits per heavy atom. The number of fused-ring (bicyclic) bond motifs is 1. The van der Waals surface area contributed by atoms with Crippen LogP contribution in [0.3, 0.4) is 0 Å². The maximum absolute atomic E-state index is 9.33. The molecule has 0 N–H and O–H groups in total. The number of aromatic nitrogens is 5. The predicted molar refractivity (Wildman–Crippen MR) is 153 cm³/mol. The number of nitriles is 1. The summed E-state index contributed by atoms with van der Waals surface area (Å²) in [6.07, 6.45) is 10.2. The van der Waals surface area contributed by atoms with Gasteiger partial charge in [-0.1, -0.05) is 54.6 Å². The Kier molecular flexibility index (Phi) is 6.81. The van der Waals surface area contributed by atoms with Crippen molar-refractivity contribution in [3.8, 4) is 40.1 Å². The summed E-state index contributed by atoms with van der Waals surface area (Å²) in [6, 6.07) is 21.9. The molecule has 1 unspecified atom stereocenters. The highest BCUT2D eigenvalue weighted by Crippen LogP contribution is 2.43. The van der Waals surface area contributed by atoms with Crippen LogP contribution in [0, 0.1) is 11.3 Å². The summed E-state index contributed by atoms with van der Waals surface area (Å²) in [4.78, 5) is 16.3. The summed E-state index contributed by atoms with van der Waals surface area (Å²) in [5, 5.41) is 14.2. The van der Waals surface area contributed by atoms with Gasteiger partial charge in [0.1, 0.15) is 17.6 Å². The van der Waals surface area contributed by atoms with E-state index in [2.05, 4.69) is 33.1 Å². The molecule has 5 aromatic rings. The number of anilines is 2. The summed E-state index contributed by atoms with van der Waals surface area (Å²) in [7, 11) is 3.29. The number of rotatable bonds is 7. The molecule has 0 amide bonds. The van der Waals surface area contributed by atoms with Gasteiger partial charge in [0.25, 0.3) is 0 Å². The zero-order valence-corrected chi connectivity index (χ0v) is 22.2. The molecular weight excluding hydrogens is 502 g/mol. The zero-order valence-electron chi connectivity index (χ0n) is 22.2. The smallest absolute Gasteiger partial charge is 0.228 e. The molecule has 40 heavy (non-hydrogen) atoms. The number of benzene rings is 2. The average Bonchev–Trinajstić information content (AvgIpc) is 3.46. The molecule has 198 valence electrons. The molecule has 3 heterocycles. The quantitative estimate of drug-likeness (QED) is 0.237. The van der Waals surface area contributed by atoms with Crippen LogP contribution in [0.15, 0.2) is 85.2 Å². The molecule has 0 aliphatic heterocycles. The minimum absolute atomic E-state index is 0.0698. The average molecular weight is 530 g/mol. The monoisotopic (exact) mass is 529 g/mol. The van der Waals surface area contributed by atoms with Crippen LogP contribution < -0.4 is 14.4 Å². The van der Waals surface area contributed by atoms with E-state index < -0.39 is 0 Å². The van der Waals surface area contributed by atoms with E-state index in [9.17, 15) is 5.26 Å². The fraction of sp³-hybridized carbons (Fsp3) is 0.194. The van der Waals surface area contributed by atoms with Crippen LogP contribution in [0.5, 0.6) is 11.6 Å². The molecule has 0 bridgehead atoms. The highest BCUT2D eigenvalue weighted by molar-refractivity contribution is 5.85. The Bertz CT molecular complexity index is 1710. The summed E-state index contributed by atoms with van der Waals surface area (Å²) in [6.45, 7) is 0. The van der Waals surface area contributed by atoms with E-state index in [1.165, 1.54) is 6.20 Å². The van der Waals surface area contributed by atoms with E-state index in [0.29, 0.717) is 23.2 Å². The van der Waals surface area contributed by atoms with Gasteiger partial charge in [0.15, 0.2) is 17.2 Å². The first-order valence-electron chi connectivity index (χ1n) is 13.0. The minimum Gasteiger partial charge on any atom is -0.497 e. The van der Waals surface area contributed by atoms with Gasteiger partial charge in [-0.05, 0) is 37.0 Å². The van der Waals surface area contributed by atoms with Crippen LogP contribution in [-0.4, -0.2) is 44.8 Å². The highest BCUT2D eigenvalue weighted by Gasteiger charge is 2.30. The highest BCUT2D eigenvalue weighted by atomic mass is 16.5. The van der Waals surface area contributed by atoms with Crippen LogP contribution >= 0.6 is 0 Å². The predicted octanol–water partition coefficient (Wildman–Crippen LogP) is 5.99. The van der Waals surface area contributed by atoms with Gasteiger partial charge in [0, 0.05) is 17.7 Å². The summed E-state index contributed by atoms with van der Waals surface area (Å²) in [5.41, 5.74) is 4.31. The molecule has 0 saturated heterocycles. The first-order valence-corrected chi connectivity index (χ1v) is 13.0. The molecule has 1 atom stereocenters. The third kappa shape index (κ3) is 4.60. The molecule has 2 aromatic carbocycles. The van der Waals surface area contributed by atoms with Gasteiger partial charge in [0.05, 0.1) is 37.9 Å². The van der Waals surface area contributed by atoms with E-state index in [1.54, 1.807) is 24.9 Å². The van der Waals surface area contributed by atoms with Gasteiger partial charge in [0.2, 0.25) is 5.88 Å². The second kappa shape index (κ2) is 10.9. The minimum atomic E-state index is 0.0698. The Hall–Kier alpha value is -5.23. The lowest BCUT2D eigenvalue weighted by Crippen LogP contribution is -2.34. The van der Waals surface area contributed by atoms with Crippen LogP contribution in [0.2, 0.25) is 0 Å². The van der Waals surface area contributed by atoms with Gasteiger partial charge in [-0.2, -0.15) is 14.9 Å². The molecule has 1 aliphatic carbocycles. The van der Waals surface area contributed by atoms with Crippen molar-refractivity contribution in [1.82, 2.24) is 24.6 Å². The van der Waals surface area contributed by atoms with Crippen molar-refractivity contribution in [2.24, 2.45) is 0 Å². The molecule has 6 rings (SSSR count). The molecular formula is C31H27N7O2. The van der Waals surface area contributed by atoms with Crippen LogP contribution in [0.1, 0.15) is 25.0 Å². The standard InChI is InChI=1S/C31H27N7O2/c1-39-25-15-13-22(14-16-25)29-30(37(24-11-7-4-8-12-24)28-20-33-23(18-32)19-34-28)35-27-17-26(21-9-5-3-6-10-21)36-38(27)31(29)40-2/h3-7,9-10,13-17,19-20,24H,8,11-12H2,1-2H3. The number of hydrogen-bond acceptors (Lipinski definition) is 8. The van der Waals surface area contributed by atoms with Crippen molar-refractivity contribution in [3.63, 3.8) is 0 Å². The molecule has 1 aliphatic rings. The van der Waals surface area contributed by atoms with Gasteiger partial charge < -0.3 is 14.4 Å². The number of ether oxygens (including phenoxy) is 2. The van der Waals surface area contributed by atoms with Crippen molar-refractivity contribution >= 4 is 17.3 Å². The zero-order chi connectivity index (χ0) is 27.5. The van der Waals surface area contributed by atoms with Crippen molar-refractivity contribution in [1.29, 1.82) is 5.26 Å². The number of allylic oxidation sites excluding steroid dienone is 1. The van der Waals surface area contributed by atoms with E-state index >= 15 is 0 Å². The summed E-state index contributed by atoms with van der Waals surface area (Å²) in [5.74, 6) is 2.57. The fourth-order valence-corrected chi connectivity index (χ4v) is 5.07. The Balaban J connectivity index is 1.64. The lowest BCUT2D eigenvalue weighted by molar-refractivity contribution is 0.386. The van der Waals surface area contributed by atoms with Crippen LogP contribution in [0.25, 0.3) is 28.0 Å². The molecule has 0 saturated carbocycles. The molecule has 3 aromatic heterocycles. The van der Waals surface area contributed by atoms with Crippen molar-refractivity contribution in [2.45, 2.75) is 25.3 Å². The second-order valence-corrected chi connectivity index (χ2v) is 9.39.